The summed E-state index contributed by atoms with van der Waals surface area (Å²) in [6, 6.07) is 0. The zero-order valence-corrected chi connectivity index (χ0v) is 15.7. The van der Waals surface area contributed by atoms with Gasteiger partial charge >= 0.3 is 0 Å². The van der Waals surface area contributed by atoms with Gasteiger partial charge in [0, 0.05) is 51.9 Å². The number of hydrogen-bond acceptors (Lipinski definition) is 5. The van der Waals surface area contributed by atoms with Gasteiger partial charge in [-0.15, -0.1) is 0 Å². The Morgan fingerprint density at radius 1 is 1.28 bits per heavy atom. The van der Waals surface area contributed by atoms with Crippen molar-refractivity contribution in [2.24, 2.45) is 10.4 Å². The van der Waals surface area contributed by atoms with E-state index in [1.54, 1.807) is 11.8 Å². The molecule has 0 radical (unpaired) electrons. The maximum atomic E-state index is 12.8. The highest BCUT2D eigenvalue weighted by molar-refractivity contribution is 8.16. The molecule has 7 heteroatoms. The number of thioether (sulfide) groups is 1. The summed E-state index contributed by atoms with van der Waals surface area (Å²) in [5, 5.41) is 3.15. The second kappa shape index (κ2) is 6.67. The molecule has 2 amide bonds. The van der Waals surface area contributed by atoms with E-state index in [-0.39, 0.29) is 17.2 Å². The number of nitrogens with zero attached hydrogens (tertiary/aromatic N) is 4. The van der Waals surface area contributed by atoms with Crippen molar-refractivity contribution in [1.29, 1.82) is 0 Å². The molecule has 1 spiro atoms. The molecular formula is C18H26N4O2S. The molecule has 0 aromatic heterocycles. The molecular weight excluding hydrogens is 336 g/mol. The largest absolute Gasteiger partial charge is 0.345 e. The molecule has 2 fully saturated rings. The summed E-state index contributed by atoms with van der Waals surface area (Å²) in [5.41, 5.74) is 1.34. The molecule has 0 bridgehead atoms. The van der Waals surface area contributed by atoms with Crippen LogP contribution in [0.4, 0.5) is 0 Å². The lowest BCUT2D eigenvalue weighted by Gasteiger charge is -2.46. The van der Waals surface area contributed by atoms with Gasteiger partial charge in [0.25, 0.3) is 0 Å². The van der Waals surface area contributed by atoms with Gasteiger partial charge in [-0.25, -0.2) is 0 Å². The third-order valence-electron chi connectivity index (χ3n) is 6.04. The minimum Gasteiger partial charge on any atom is -0.345 e. The standard InChI is InChI=1S/C18H26N4O2S/c1-20-13-18(4-3-15(20)23)5-9-21(10-6-18)16(24)11-14-12-25-17-19-7-2-8-22(14)17/h12H,2-11,13H2,1H3. The van der Waals surface area contributed by atoms with Crippen LogP contribution in [0.25, 0.3) is 0 Å². The van der Waals surface area contributed by atoms with Gasteiger partial charge < -0.3 is 14.7 Å². The molecule has 0 aliphatic carbocycles. The Bertz CT molecular complexity index is 637. The highest BCUT2D eigenvalue weighted by Crippen LogP contribution is 2.40. The summed E-state index contributed by atoms with van der Waals surface area (Å²) in [5.74, 6) is 0.488. The van der Waals surface area contributed by atoms with Crippen molar-refractivity contribution in [3.63, 3.8) is 0 Å². The maximum absolute atomic E-state index is 12.8. The zero-order valence-electron chi connectivity index (χ0n) is 14.9. The number of piperidine rings is 2. The fraction of sp³-hybridized carbons (Fsp3) is 0.722. The van der Waals surface area contributed by atoms with Crippen LogP contribution in [0.3, 0.4) is 0 Å². The van der Waals surface area contributed by atoms with Crippen molar-refractivity contribution in [1.82, 2.24) is 14.7 Å². The Morgan fingerprint density at radius 3 is 2.84 bits per heavy atom. The van der Waals surface area contributed by atoms with Gasteiger partial charge in [0.15, 0.2) is 5.17 Å². The SMILES string of the molecule is CN1CC2(CCC1=O)CCN(C(=O)CC1=CSC3=NCCCN13)CC2. The van der Waals surface area contributed by atoms with Crippen LogP contribution in [-0.4, -0.2) is 71.5 Å². The number of hydrogen-bond donors (Lipinski definition) is 0. The first-order valence-electron chi connectivity index (χ1n) is 9.26. The number of aliphatic imine (C=N–C) groups is 1. The van der Waals surface area contributed by atoms with Crippen LogP contribution in [0.5, 0.6) is 0 Å². The highest BCUT2D eigenvalue weighted by Gasteiger charge is 2.41. The number of rotatable bonds is 2. The fourth-order valence-corrected chi connectivity index (χ4v) is 5.37. The molecule has 4 heterocycles. The van der Waals surface area contributed by atoms with Crippen molar-refractivity contribution in [2.75, 3.05) is 39.8 Å². The molecule has 0 aromatic rings. The van der Waals surface area contributed by atoms with Gasteiger partial charge in [-0.3, -0.25) is 14.6 Å². The lowest BCUT2D eigenvalue weighted by Crippen LogP contribution is -2.51. The molecule has 0 N–H and O–H groups in total. The molecule has 25 heavy (non-hydrogen) atoms. The summed E-state index contributed by atoms with van der Waals surface area (Å²) < 4.78 is 0. The van der Waals surface area contributed by atoms with Gasteiger partial charge in [0.05, 0.1) is 6.42 Å². The molecule has 4 rings (SSSR count). The summed E-state index contributed by atoms with van der Waals surface area (Å²) >= 11 is 1.65. The summed E-state index contributed by atoms with van der Waals surface area (Å²) in [6.07, 6.45) is 5.21. The molecule has 4 aliphatic rings. The van der Waals surface area contributed by atoms with Crippen molar-refractivity contribution in [3.05, 3.63) is 11.1 Å². The van der Waals surface area contributed by atoms with Crippen LogP contribution < -0.4 is 0 Å². The first kappa shape index (κ1) is 16.9. The summed E-state index contributed by atoms with van der Waals surface area (Å²) in [7, 11) is 1.91. The Labute approximate surface area is 153 Å². The first-order chi connectivity index (χ1) is 12.1. The van der Waals surface area contributed by atoms with E-state index < -0.39 is 0 Å². The molecule has 4 aliphatic heterocycles. The minimum atomic E-state index is 0.230. The number of amides is 2. The first-order valence-corrected chi connectivity index (χ1v) is 10.1. The van der Waals surface area contributed by atoms with E-state index in [0.717, 1.165) is 69.3 Å². The topological polar surface area (TPSA) is 56.2 Å². The lowest BCUT2D eigenvalue weighted by molar-refractivity contribution is -0.140. The van der Waals surface area contributed by atoms with Crippen molar-refractivity contribution in [2.45, 2.75) is 38.5 Å². The number of carbonyl (C=O) groups is 2. The smallest absolute Gasteiger partial charge is 0.228 e. The number of likely N-dealkylation sites (tertiary alicyclic amines) is 2. The third kappa shape index (κ3) is 3.30. The van der Waals surface area contributed by atoms with Crippen LogP contribution in [0, 0.1) is 5.41 Å². The van der Waals surface area contributed by atoms with E-state index >= 15 is 0 Å². The number of carbonyl (C=O) groups excluding carboxylic acids is 2. The van der Waals surface area contributed by atoms with Gasteiger partial charge in [-0.1, -0.05) is 11.8 Å². The van der Waals surface area contributed by atoms with E-state index in [1.165, 1.54) is 0 Å². The van der Waals surface area contributed by atoms with Gasteiger partial charge in [-0.2, -0.15) is 0 Å². The predicted octanol–water partition coefficient (Wildman–Crippen LogP) is 1.89. The van der Waals surface area contributed by atoms with E-state index in [0.29, 0.717) is 12.8 Å². The lowest BCUT2D eigenvalue weighted by atomic mass is 9.72. The molecule has 136 valence electrons. The van der Waals surface area contributed by atoms with E-state index in [1.807, 2.05) is 16.8 Å². The fourth-order valence-electron chi connectivity index (χ4n) is 4.41. The van der Waals surface area contributed by atoms with Crippen LogP contribution in [0.2, 0.25) is 0 Å². The summed E-state index contributed by atoms with van der Waals surface area (Å²) in [4.78, 5) is 35.1. The molecule has 0 atom stereocenters. The zero-order chi connectivity index (χ0) is 17.4. The van der Waals surface area contributed by atoms with E-state index in [2.05, 4.69) is 15.3 Å². The van der Waals surface area contributed by atoms with Crippen LogP contribution >= 0.6 is 11.8 Å². The van der Waals surface area contributed by atoms with Crippen molar-refractivity contribution in [3.8, 4) is 0 Å². The highest BCUT2D eigenvalue weighted by atomic mass is 32.2. The summed E-state index contributed by atoms with van der Waals surface area (Å²) in [6.45, 7) is 4.38. The average molecular weight is 362 g/mol. The normalized spacial score (nSPS) is 25.8. The second-order valence-electron chi connectivity index (χ2n) is 7.70. The van der Waals surface area contributed by atoms with Crippen LogP contribution in [-0.2, 0) is 9.59 Å². The van der Waals surface area contributed by atoms with Gasteiger partial charge in [0.2, 0.25) is 11.8 Å². The average Bonchev–Trinajstić information content (AvgIpc) is 3.02. The van der Waals surface area contributed by atoms with E-state index in [4.69, 9.17) is 0 Å². The van der Waals surface area contributed by atoms with Gasteiger partial charge in [-0.05, 0) is 36.5 Å². The number of amidine groups is 1. The minimum absolute atomic E-state index is 0.230. The van der Waals surface area contributed by atoms with Gasteiger partial charge in [0.1, 0.15) is 0 Å². The van der Waals surface area contributed by atoms with Crippen LogP contribution in [0.15, 0.2) is 16.1 Å². The Morgan fingerprint density at radius 2 is 2.08 bits per heavy atom. The monoisotopic (exact) mass is 362 g/mol. The van der Waals surface area contributed by atoms with Crippen molar-refractivity contribution < 1.29 is 9.59 Å². The molecule has 0 unspecified atom stereocenters. The van der Waals surface area contributed by atoms with Crippen LogP contribution in [0.1, 0.15) is 38.5 Å². The Kier molecular flexibility index (Phi) is 4.52. The van der Waals surface area contributed by atoms with E-state index in [9.17, 15) is 9.59 Å². The van der Waals surface area contributed by atoms with Crippen molar-refractivity contribution >= 4 is 28.7 Å². The number of fused-ring (bicyclic) bond motifs is 1. The second-order valence-corrected chi connectivity index (χ2v) is 8.54. The molecule has 2 saturated heterocycles. The molecule has 6 nitrogen and oxygen atoms in total. The molecule has 0 aromatic carbocycles. The Balaban J connectivity index is 1.32. The quantitative estimate of drug-likeness (QED) is 0.753. The molecule has 0 saturated carbocycles. The predicted molar refractivity (Wildman–Crippen MR) is 99.0 cm³/mol. The maximum Gasteiger partial charge on any atom is 0.228 e. The third-order valence-corrected chi connectivity index (χ3v) is 6.99. The Hall–Kier alpha value is -1.50.